The monoisotopic (exact) mass is 306 g/mol. The van der Waals surface area contributed by atoms with Crippen molar-refractivity contribution >= 4 is 6.03 Å². The molecule has 0 radical (unpaired) electrons. The van der Waals surface area contributed by atoms with Crippen LogP contribution in [0.2, 0.25) is 0 Å². The molecule has 1 aromatic carbocycles. The van der Waals surface area contributed by atoms with Gasteiger partial charge in [-0.2, -0.15) is 4.98 Å². The summed E-state index contributed by atoms with van der Waals surface area (Å²) in [6.45, 7) is 4.70. The molecule has 0 bridgehead atoms. The molecule has 2 N–H and O–H groups in total. The molecule has 2 amide bonds. The zero-order valence-electron chi connectivity index (χ0n) is 12.6. The van der Waals surface area contributed by atoms with Gasteiger partial charge in [0.15, 0.2) is 5.82 Å². The maximum atomic E-state index is 12.7. The van der Waals surface area contributed by atoms with E-state index in [1.54, 1.807) is 12.1 Å². The van der Waals surface area contributed by atoms with Gasteiger partial charge in [0.2, 0.25) is 5.89 Å². The van der Waals surface area contributed by atoms with Crippen molar-refractivity contribution < 1.29 is 13.7 Å². The average Bonchev–Trinajstić information content (AvgIpc) is 2.96. The summed E-state index contributed by atoms with van der Waals surface area (Å²) in [5.74, 6) is 1.08. The zero-order chi connectivity index (χ0) is 15.9. The van der Waals surface area contributed by atoms with Gasteiger partial charge in [0.25, 0.3) is 0 Å². The second kappa shape index (κ2) is 7.53. The lowest BCUT2D eigenvalue weighted by Crippen LogP contribution is -2.36. The van der Waals surface area contributed by atoms with Crippen LogP contribution >= 0.6 is 0 Å². The number of benzene rings is 1. The fraction of sp³-hybridized carbons (Fsp3) is 0.400. The van der Waals surface area contributed by atoms with Crippen molar-refractivity contribution in [3.63, 3.8) is 0 Å². The highest BCUT2D eigenvalue weighted by molar-refractivity contribution is 5.73. The first-order valence-corrected chi connectivity index (χ1v) is 7.13. The maximum absolute atomic E-state index is 12.7. The van der Waals surface area contributed by atoms with Gasteiger partial charge in [-0.05, 0) is 17.7 Å². The Bertz CT molecular complexity index is 610. The van der Waals surface area contributed by atoms with Crippen LogP contribution in [0, 0.1) is 5.82 Å². The van der Waals surface area contributed by atoms with E-state index in [0.29, 0.717) is 31.2 Å². The molecule has 1 heterocycles. The molecule has 6 nitrogen and oxygen atoms in total. The molecule has 0 fully saturated rings. The molecule has 2 aromatic rings. The van der Waals surface area contributed by atoms with Crippen molar-refractivity contribution in [2.45, 2.75) is 32.7 Å². The Hall–Kier alpha value is -2.44. The van der Waals surface area contributed by atoms with Crippen LogP contribution in [-0.4, -0.2) is 22.7 Å². The van der Waals surface area contributed by atoms with E-state index in [9.17, 15) is 9.18 Å². The molecule has 1 aromatic heterocycles. The second-order valence-corrected chi connectivity index (χ2v) is 5.19. The molecule has 7 heteroatoms. The molecular formula is C15H19FN4O2. The molecule has 22 heavy (non-hydrogen) atoms. The molecule has 2 rings (SSSR count). The maximum Gasteiger partial charge on any atom is 0.315 e. The van der Waals surface area contributed by atoms with Crippen molar-refractivity contribution in [3.05, 3.63) is 47.4 Å². The Morgan fingerprint density at radius 3 is 2.64 bits per heavy atom. The first kappa shape index (κ1) is 15.9. The summed E-state index contributed by atoms with van der Waals surface area (Å²) in [4.78, 5) is 15.8. The molecule has 0 spiro atoms. The Kier molecular flexibility index (Phi) is 5.46. The third-order valence-electron chi connectivity index (χ3n) is 2.99. The molecule has 0 aliphatic heterocycles. The lowest BCUT2D eigenvalue weighted by atomic mass is 10.2. The number of nitrogens with zero attached hydrogens (tertiary/aromatic N) is 2. The number of rotatable bonds is 6. The number of hydrogen-bond donors (Lipinski definition) is 2. The number of halogens is 1. The Morgan fingerprint density at radius 1 is 1.27 bits per heavy atom. The quantitative estimate of drug-likeness (QED) is 0.858. The van der Waals surface area contributed by atoms with E-state index in [0.717, 1.165) is 5.56 Å². The van der Waals surface area contributed by atoms with Gasteiger partial charge in [0.1, 0.15) is 5.82 Å². The number of urea groups is 1. The van der Waals surface area contributed by atoms with Gasteiger partial charge < -0.3 is 15.2 Å². The minimum absolute atomic E-state index is 0.212. The van der Waals surface area contributed by atoms with Crippen LogP contribution in [0.15, 0.2) is 28.8 Å². The van der Waals surface area contributed by atoms with Crippen LogP contribution in [0.25, 0.3) is 0 Å². The number of carbonyl (C=O) groups is 1. The summed E-state index contributed by atoms with van der Waals surface area (Å²) in [6.07, 6.45) is 0.476. The van der Waals surface area contributed by atoms with Crippen LogP contribution in [-0.2, 0) is 13.0 Å². The number of carbonyl (C=O) groups excluding carboxylic acids is 1. The van der Waals surface area contributed by atoms with Crippen LogP contribution in [0.4, 0.5) is 9.18 Å². The molecule has 0 aliphatic carbocycles. The smallest absolute Gasteiger partial charge is 0.315 e. The predicted molar refractivity (Wildman–Crippen MR) is 78.7 cm³/mol. The number of aromatic nitrogens is 2. The topological polar surface area (TPSA) is 80.0 Å². The minimum atomic E-state index is -0.298. The SMILES string of the molecule is CC(C)c1noc(CCNC(=O)NCc2ccc(F)cc2)n1. The lowest BCUT2D eigenvalue weighted by Gasteiger charge is -2.06. The highest BCUT2D eigenvalue weighted by Gasteiger charge is 2.09. The fourth-order valence-corrected chi connectivity index (χ4v) is 1.73. The van der Waals surface area contributed by atoms with Gasteiger partial charge in [0, 0.05) is 25.4 Å². The normalized spacial score (nSPS) is 10.7. The van der Waals surface area contributed by atoms with Crippen LogP contribution in [0.1, 0.15) is 37.0 Å². The van der Waals surface area contributed by atoms with Crippen LogP contribution in [0.5, 0.6) is 0 Å². The highest BCUT2D eigenvalue weighted by atomic mass is 19.1. The number of nitrogens with one attached hydrogen (secondary N) is 2. The second-order valence-electron chi connectivity index (χ2n) is 5.19. The molecule has 0 saturated heterocycles. The zero-order valence-corrected chi connectivity index (χ0v) is 12.6. The summed E-state index contributed by atoms with van der Waals surface area (Å²) in [6, 6.07) is 5.67. The van der Waals surface area contributed by atoms with Crippen molar-refractivity contribution in [2.24, 2.45) is 0 Å². The fourth-order valence-electron chi connectivity index (χ4n) is 1.73. The molecule has 0 saturated carbocycles. The highest BCUT2D eigenvalue weighted by Crippen LogP contribution is 2.09. The number of amides is 2. The number of hydrogen-bond acceptors (Lipinski definition) is 4. The van der Waals surface area contributed by atoms with E-state index in [1.807, 2.05) is 13.8 Å². The minimum Gasteiger partial charge on any atom is -0.339 e. The summed E-state index contributed by atoms with van der Waals surface area (Å²) in [7, 11) is 0. The summed E-state index contributed by atoms with van der Waals surface area (Å²) >= 11 is 0. The summed E-state index contributed by atoms with van der Waals surface area (Å²) in [5, 5.41) is 9.24. The van der Waals surface area contributed by atoms with Crippen LogP contribution in [0.3, 0.4) is 0 Å². The van der Waals surface area contributed by atoms with E-state index in [4.69, 9.17) is 4.52 Å². The third-order valence-corrected chi connectivity index (χ3v) is 2.99. The average molecular weight is 306 g/mol. The lowest BCUT2D eigenvalue weighted by molar-refractivity contribution is 0.240. The van der Waals surface area contributed by atoms with Gasteiger partial charge in [-0.15, -0.1) is 0 Å². The third kappa shape index (κ3) is 4.83. The first-order valence-electron chi connectivity index (χ1n) is 7.13. The van der Waals surface area contributed by atoms with E-state index in [2.05, 4.69) is 20.8 Å². The van der Waals surface area contributed by atoms with E-state index in [-0.39, 0.29) is 17.8 Å². The van der Waals surface area contributed by atoms with Gasteiger partial charge in [-0.3, -0.25) is 0 Å². The Morgan fingerprint density at radius 2 is 2.00 bits per heavy atom. The van der Waals surface area contributed by atoms with Gasteiger partial charge in [0.05, 0.1) is 0 Å². The van der Waals surface area contributed by atoms with Gasteiger partial charge in [-0.25, -0.2) is 9.18 Å². The standard InChI is InChI=1S/C15H19FN4O2/c1-10(2)14-19-13(22-20-14)7-8-17-15(21)18-9-11-3-5-12(16)6-4-11/h3-6,10H,7-9H2,1-2H3,(H2,17,18,21). The summed E-state index contributed by atoms with van der Waals surface area (Å²) < 4.78 is 17.8. The summed E-state index contributed by atoms with van der Waals surface area (Å²) in [5.41, 5.74) is 0.829. The van der Waals surface area contributed by atoms with Gasteiger partial charge in [-0.1, -0.05) is 31.1 Å². The van der Waals surface area contributed by atoms with Crippen molar-refractivity contribution in [2.75, 3.05) is 6.54 Å². The molecule has 0 unspecified atom stereocenters. The molecule has 0 aliphatic rings. The Balaban J connectivity index is 1.68. The van der Waals surface area contributed by atoms with Crippen molar-refractivity contribution in [3.8, 4) is 0 Å². The Labute approximate surface area is 128 Å². The predicted octanol–water partition coefficient (Wildman–Crippen LogP) is 2.37. The van der Waals surface area contributed by atoms with E-state index in [1.165, 1.54) is 12.1 Å². The molecule has 118 valence electrons. The molecule has 0 atom stereocenters. The molecular weight excluding hydrogens is 287 g/mol. The largest absolute Gasteiger partial charge is 0.339 e. The van der Waals surface area contributed by atoms with Crippen LogP contribution < -0.4 is 10.6 Å². The first-order chi connectivity index (χ1) is 10.5. The van der Waals surface area contributed by atoms with Crippen molar-refractivity contribution in [1.29, 1.82) is 0 Å². The van der Waals surface area contributed by atoms with E-state index >= 15 is 0 Å². The van der Waals surface area contributed by atoms with Crippen molar-refractivity contribution in [1.82, 2.24) is 20.8 Å². The van der Waals surface area contributed by atoms with Gasteiger partial charge >= 0.3 is 6.03 Å². The van der Waals surface area contributed by atoms with E-state index < -0.39 is 0 Å².